The van der Waals surface area contributed by atoms with Crippen molar-refractivity contribution in [1.29, 1.82) is 0 Å². The lowest BCUT2D eigenvalue weighted by molar-refractivity contribution is -0.140. The minimum absolute atomic E-state index is 0.00556. The molecule has 262 valence electrons. The number of rotatable bonds is 17. The van der Waals surface area contributed by atoms with E-state index in [1.807, 2.05) is 0 Å². The number of esters is 4. The van der Waals surface area contributed by atoms with E-state index in [1.54, 1.807) is 43.3 Å². The van der Waals surface area contributed by atoms with Crippen LogP contribution in [-0.2, 0) is 19.1 Å². The number of ether oxygens (including phenoxy) is 5. The molecule has 0 aromatic heterocycles. The topological polar surface area (TPSA) is 149 Å². The molecule has 3 aromatic rings. The maximum Gasteiger partial charge on any atom is 0.343 e. The third kappa shape index (κ3) is 11.0. The van der Waals surface area contributed by atoms with E-state index in [1.165, 1.54) is 24.3 Å². The number of carbonyl (C=O) groups is 6. The van der Waals surface area contributed by atoms with Crippen LogP contribution in [0.4, 0.5) is 0 Å². The SMILES string of the molecule is C=CC(=O)OCCCCCCOc1ccc(C(=O)Oc2ccc(C(=O)O[C@H]3CC[C@H](C(=O)Oc4ccc(C)c(C=O)c4)CC3)cc2C=O)cc1. The van der Waals surface area contributed by atoms with Crippen molar-refractivity contribution in [2.24, 2.45) is 5.92 Å². The average molecular weight is 685 g/mol. The molecule has 1 fully saturated rings. The lowest BCUT2D eigenvalue weighted by atomic mass is 9.87. The predicted octanol–water partition coefficient (Wildman–Crippen LogP) is 6.83. The number of unbranched alkanes of at least 4 members (excludes halogenated alkanes) is 3. The second-order valence-corrected chi connectivity index (χ2v) is 11.9. The van der Waals surface area contributed by atoms with Gasteiger partial charge >= 0.3 is 23.9 Å². The van der Waals surface area contributed by atoms with Gasteiger partial charge in [0.05, 0.1) is 35.8 Å². The van der Waals surface area contributed by atoms with Crippen LogP contribution >= 0.6 is 0 Å². The first-order valence-electron chi connectivity index (χ1n) is 16.5. The van der Waals surface area contributed by atoms with Crippen molar-refractivity contribution in [3.05, 3.63) is 101 Å². The molecule has 0 spiro atoms. The Kier molecular flexibility index (Phi) is 14.0. The Balaban J connectivity index is 1.20. The fourth-order valence-corrected chi connectivity index (χ4v) is 5.33. The summed E-state index contributed by atoms with van der Waals surface area (Å²) in [6.07, 6.45) is 7.14. The maximum atomic E-state index is 12.9. The predicted molar refractivity (Wildman–Crippen MR) is 182 cm³/mol. The second-order valence-electron chi connectivity index (χ2n) is 11.9. The normalized spacial score (nSPS) is 15.2. The van der Waals surface area contributed by atoms with Crippen molar-refractivity contribution in [1.82, 2.24) is 0 Å². The maximum absolute atomic E-state index is 12.9. The highest BCUT2D eigenvalue weighted by Gasteiger charge is 2.30. The van der Waals surface area contributed by atoms with E-state index < -0.39 is 30.0 Å². The molecule has 0 bridgehead atoms. The number of hydrogen-bond acceptors (Lipinski definition) is 11. The van der Waals surface area contributed by atoms with E-state index in [-0.39, 0.29) is 28.4 Å². The standard InChI is InChI=1S/C39H40O11/c1-3-36(42)47-21-7-5-4-6-20-46-32-15-9-28(10-16-32)38(44)50-35-19-13-29(22-31(35)25-41)39(45)48-33-17-11-27(12-18-33)37(43)49-34-14-8-26(2)30(23-34)24-40/h3,8-10,13-16,19,22-25,27,33H,1,4-7,11-12,17-18,20-21H2,2H3/t27-,33-. The molecule has 0 saturated heterocycles. The third-order valence-electron chi connectivity index (χ3n) is 8.26. The molecule has 0 atom stereocenters. The zero-order valence-corrected chi connectivity index (χ0v) is 27.9. The van der Waals surface area contributed by atoms with Gasteiger partial charge in [-0.25, -0.2) is 14.4 Å². The molecule has 1 aliphatic carbocycles. The van der Waals surface area contributed by atoms with Crippen molar-refractivity contribution in [2.75, 3.05) is 13.2 Å². The van der Waals surface area contributed by atoms with Crippen LogP contribution in [0.3, 0.4) is 0 Å². The summed E-state index contributed by atoms with van der Waals surface area (Å²) < 4.78 is 27.2. The van der Waals surface area contributed by atoms with E-state index in [0.29, 0.717) is 68.5 Å². The summed E-state index contributed by atoms with van der Waals surface area (Å²) in [5.74, 6) is -1.62. The quantitative estimate of drug-likeness (QED) is 0.0484. The van der Waals surface area contributed by atoms with Gasteiger partial charge in [0.2, 0.25) is 0 Å². The number of hydrogen-bond donors (Lipinski definition) is 0. The van der Waals surface area contributed by atoms with Crippen LogP contribution in [0, 0.1) is 12.8 Å². The second kappa shape index (κ2) is 18.8. The lowest BCUT2D eigenvalue weighted by Crippen LogP contribution is -2.30. The molecule has 0 radical (unpaired) electrons. The van der Waals surface area contributed by atoms with Gasteiger partial charge in [0.15, 0.2) is 6.29 Å². The summed E-state index contributed by atoms with van der Waals surface area (Å²) in [7, 11) is 0. The van der Waals surface area contributed by atoms with E-state index >= 15 is 0 Å². The van der Waals surface area contributed by atoms with Crippen LogP contribution in [0.2, 0.25) is 0 Å². The fourth-order valence-electron chi connectivity index (χ4n) is 5.33. The fraction of sp³-hybridized carbons (Fsp3) is 0.333. The highest BCUT2D eigenvalue weighted by Crippen LogP contribution is 2.30. The van der Waals surface area contributed by atoms with E-state index in [2.05, 4.69) is 6.58 Å². The van der Waals surface area contributed by atoms with E-state index in [9.17, 15) is 28.8 Å². The van der Waals surface area contributed by atoms with Crippen LogP contribution in [0.15, 0.2) is 73.3 Å². The van der Waals surface area contributed by atoms with Crippen LogP contribution in [-0.4, -0.2) is 55.8 Å². The highest BCUT2D eigenvalue weighted by atomic mass is 16.6. The van der Waals surface area contributed by atoms with Crippen molar-refractivity contribution >= 4 is 36.4 Å². The van der Waals surface area contributed by atoms with Gasteiger partial charge in [0, 0.05) is 11.6 Å². The molecular weight excluding hydrogens is 644 g/mol. The van der Waals surface area contributed by atoms with Crippen LogP contribution < -0.4 is 14.2 Å². The van der Waals surface area contributed by atoms with Gasteiger partial charge in [-0.1, -0.05) is 12.6 Å². The minimum atomic E-state index is -0.686. The van der Waals surface area contributed by atoms with Crippen molar-refractivity contribution in [3.8, 4) is 17.2 Å². The Morgan fingerprint density at radius 3 is 2.06 bits per heavy atom. The van der Waals surface area contributed by atoms with Gasteiger partial charge in [-0.2, -0.15) is 0 Å². The van der Waals surface area contributed by atoms with Crippen LogP contribution in [0.5, 0.6) is 17.2 Å². The Morgan fingerprint density at radius 1 is 0.720 bits per heavy atom. The molecule has 3 aromatic carbocycles. The zero-order chi connectivity index (χ0) is 35.9. The molecule has 50 heavy (non-hydrogen) atoms. The summed E-state index contributed by atoms with van der Waals surface area (Å²) >= 11 is 0. The van der Waals surface area contributed by atoms with E-state index in [0.717, 1.165) is 37.3 Å². The van der Waals surface area contributed by atoms with Crippen LogP contribution in [0.1, 0.15) is 98.4 Å². The number of aldehydes is 2. The molecule has 0 unspecified atom stereocenters. The van der Waals surface area contributed by atoms with Gasteiger partial charge in [-0.05, 0) is 118 Å². The molecular formula is C39H40O11. The zero-order valence-electron chi connectivity index (χ0n) is 27.9. The molecule has 0 heterocycles. The molecule has 4 rings (SSSR count). The first-order chi connectivity index (χ1) is 24.2. The van der Waals surface area contributed by atoms with Crippen molar-refractivity contribution in [3.63, 3.8) is 0 Å². The van der Waals surface area contributed by atoms with Crippen molar-refractivity contribution < 1.29 is 52.5 Å². The summed E-state index contributed by atoms with van der Waals surface area (Å²) in [6, 6.07) is 15.4. The Morgan fingerprint density at radius 2 is 1.38 bits per heavy atom. The molecule has 0 aliphatic heterocycles. The molecule has 11 nitrogen and oxygen atoms in total. The van der Waals surface area contributed by atoms with Gasteiger partial charge < -0.3 is 23.7 Å². The van der Waals surface area contributed by atoms with Gasteiger partial charge in [0.25, 0.3) is 0 Å². The monoisotopic (exact) mass is 684 g/mol. The first-order valence-corrected chi connectivity index (χ1v) is 16.5. The number of aryl methyl sites for hydroxylation is 1. The smallest absolute Gasteiger partial charge is 0.343 e. The Bertz CT molecular complexity index is 1680. The van der Waals surface area contributed by atoms with E-state index in [4.69, 9.17) is 23.7 Å². The molecule has 0 N–H and O–H groups in total. The summed E-state index contributed by atoms with van der Waals surface area (Å²) in [5.41, 5.74) is 1.61. The summed E-state index contributed by atoms with van der Waals surface area (Å²) in [6.45, 7) is 6.00. The van der Waals surface area contributed by atoms with Crippen LogP contribution in [0.25, 0.3) is 0 Å². The Labute approximate surface area is 290 Å². The largest absolute Gasteiger partial charge is 0.494 e. The van der Waals surface area contributed by atoms with Gasteiger partial charge in [-0.3, -0.25) is 14.4 Å². The molecule has 1 aliphatic rings. The summed E-state index contributed by atoms with van der Waals surface area (Å²) in [4.78, 5) is 72.4. The molecule has 0 amide bonds. The number of benzene rings is 3. The molecule has 1 saturated carbocycles. The Hall–Kier alpha value is -5.58. The molecule has 11 heteroatoms. The summed E-state index contributed by atoms with van der Waals surface area (Å²) in [5, 5.41) is 0. The van der Waals surface area contributed by atoms with Crippen molar-refractivity contribution in [2.45, 2.75) is 64.4 Å². The van der Waals surface area contributed by atoms with Gasteiger partial charge in [-0.15, -0.1) is 0 Å². The third-order valence-corrected chi connectivity index (χ3v) is 8.26. The average Bonchev–Trinajstić information content (AvgIpc) is 3.13. The van der Waals surface area contributed by atoms with Gasteiger partial charge in [0.1, 0.15) is 29.6 Å². The number of carbonyl (C=O) groups excluding carboxylic acids is 6. The first kappa shape index (κ1) is 37.2. The highest BCUT2D eigenvalue weighted by molar-refractivity contribution is 5.95. The minimum Gasteiger partial charge on any atom is -0.494 e. The lowest BCUT2D eigenvalue weighted by Gasteiger charge is -2.27.